The lowest BCUT2D eigenvalue weighted by molar-refractivity contribution is 0.0694. The molecule has 0 amide bonds. The van der Waals surface area contributed by atoms with Gasteiger partial charge in [-0.1, -0.05) is 15.9 Å². The lowest BCUT2D eigenvalue weighted by Crippen LogP contribution is -2.06. The van der Waals surface area contributed by atoms with Crippen LogP contribution in [0, 0.1) is 13.8 Å². The fourth-order valence-electron chi connectivity index (χ4n) is 2.44. The minimum Gasteiger partial charge on any atom is -0.478 e. The number of rotatable bonds is 3. The van der Waals surface area contributed by atoms with E-state index in [0.717, 1.165) is 34.0 Å². The molecule has 2 aromatic rings. The maximum atomic E-state index is 11.3. The summed E-state index contributed by atoms with van der Waals surface area (Å²) in [6.45, 7) is 4.04. The van der Waals surface area contributed by atoms with Gasteiger partial charge in [0.2, 0.25) is 0 Å². The van der Waals surface area contributed by atoms with Crippen LogP contribution in [0.15, 0.2) is 22.8 Å². The van der Waals surface area contributed by atoms with E-state index in [-0.39, 0.29) is 11.5 Å². The number of carbonyl (C=O) groups is 1. The molecule has 4 nitrogen and oxygen atoms in total. The van der Waals surface area contributed by atoms with E-state index in [2.05, 4.69) is 25.9 Å². The summed E-state index contributed by atoms with van der Waals surface area (Å²) >= 11 is 3.55. The number of carboxylic acids is 1. The van der Waals surface area contributed by atoms with Gasteiger partial charge in [-0.05, 0) is 49.9 Å². The Labute approximate surface area is 131 Å². The maximum Gasteiger partial charge on any atom is 0.339 e. The number of aromatic nitrogens is 2. The highest BCUT2D eigenvalue weighted by Crippen LogP contribution is 2.41. The first-order chi connectivity index (χ1) is 9.97. The van der Waals surface area contributed by atoms with E-state index >= 15 is 0 Å². The second-order valence-corrected chi connectivity index (χ2v) is 6.29. The van der Waals surface area contributed by atoms with Crippen molar-refractivity contribution in [1.29, 1.82) is 0 Å². The summed E-state index contributed by atoms with van der Waals surface area (Å²) in [7, 11) is 0. The molecule has 0 atom stereocenters. The summed E-state index contributed by atoms with van der Waals surface area (Å²) in [5.74, 6) is -0.0808. The molecule has 1 aromatic heterocycles. The summed E-state index contributed by atoms with van der Waals surface area (Å²) in [6, 6.07) is 4.03. The van der Waals surface area contributed by atoms with E-state index < -0.39 is 5.97 Å². The van der Waals surface area contributed by atoms with Gasteiger partial charge in [0, 0.05) is 22.2 Å². The average molecular weight is 347 g/mol. The van der Waals surface area contributed by atoms with Crippen LogP contribution in [0.2, 0.25) is 0 Å². The van der Waals surface area contributed by atoms with Crippen LogP contribution in [-0.4, -0.2) is 21.0 Å². The number of aryl methyl sites for hydroxylation is 2. The van der Waals surface area contributed by atoms with Gasteiger partial charge in [-0.15, -0.1) is 0 Å². The zero-order valence-electron chi connectivity index (χ0n) is 11.9. The van der Waals surface area contributed by atoms with Crippen LogP contribution in [0.5, 0.6) is 0 Å². The van der Waals surface area contributed by atoms with Gasteiger partial charge in [0.1, 0.15) is 0 Å². The molecule has 1 N–H and O–H groups in total. The van der Waals surface area contributed by atoms with Crippen molar-refractivity contribution in [3.63, 3.8) is 0 Å². The van der Waals surface area contributed by atoms with Gasteiger partial charge in [-0.2, -0.15) is 0 Å². The van der Waals surface area contributed by atoms with Crippen molar-refractivity contribution in [2.75, 3.05) is 0 Å². The zero-order chi connectivity index (χ0) is 15.1. The minimum atomic E-state index is -0.952. The van der Waals surface area contributed by atoms with Crippen LogP contribution in [-0.2, 0) is 0 Å². The molecule has 0 radical (unpaired) electrons. The Morgan fingerprint density at radius 3 is 2.43 bits per heavy atom. The molecule has 0 unspecified atom stereocenters. The van der Waals surface area contributed by atoms with Crippen LogP contribution in [0.3, 0.4) is 0 Å². The van der Waals surface area contributed by atoms with Crippen LogP contribution in [0.1, 0.15) is 45.9 Å². The van der Waals surface area contributed by atoms with Crippen molar-refractivity contribution in [3.8, 4) is 11.4 Å². The molecule has 1 heterocycles. The van der Waals surface area contributed by atoms with Gasteiger partial charge in [0.25, 0.3) is 0 Å². The number of hydrogen-bond donors (Lipinski definition) is 1. The van der Waals surface area contributed by atoms with Gasteiger partial charge in [-0.25, -0.2) is 14.8 Å². The second-order valence-electron chi connectivity index (χ2n) is 5.50. The van der Waals surface area contributed by atoms with Crippen molar-refractivity contribution < 1.29 is 9.90 Å². The Balaban J connectivity index is 2.11. The van der Waals surface area contributed by atoms with Crippen LogP contribution >= 0.6 is 15.9 Å². The molecule has 3 rings (SSSR count). The van der Waals surface area contributed by atoms with Crippen LogP contribution < -0.4 is 0 Å². The summed E-state index contributed by atoms with van der Waals surface area (Å²) in [5, 5.41) is 9.24. The Morgan fingerprint density at radius 2 is 1.90 bits per heavy atom. The number of carboxylic acid groups (broad SMARTS) is 1. The molecule has 0 aliphatic heterocycles. The molecule has 108 valence electrons. The molecule has 1 saturated carbocycles. The third kappa shape index (κ3) is 2.70. The first-order valence-electron chi connectivity index (χ1n) is 6.84. The molecule has 0 saturated heterocycles. The van der Waals surface area contributed by atoms with Crippen molar-refractivity contribution in [2.45, 2.75) is 32.6 Å². The largest absolute Gasteiger partial charge is 0.478 e. The molecule has 21 heavy (non-hydrogen) atoms. The number of nitrogens with zero attached hydrogens (tertiary/aromatic N) is 2. The van der Waals surface area contributed by atoms with Crippen molar-refractivity contribution in [1.82, 2.24) is 9.97 Å². The summed E-state index contributed by atoms with van der Waals surface area (Å²) in [5.41, 5.74) is 4.05. The van der Waals surface area contributed by atoms with Gasteiger partial charge < -0.3 is 5.11 Å². The third-order valence-corrected chi connectivity index (χ3v) is 4.96. The molecular weight excluding hydrogens is 332 g/mol. The smallest absolute Gasteiger partial charge is 0.339 e. The first-order valence-corrected chi connectivity index (χ1v) is 7.64. The minimum absolute atomic E-state index is 0.229. The lowest BCUT2D eigenvalue weighted by atomic mass is 10.1. The second kappa shape index (κ2) is 5.22. The predicted molar refractivity (Wildman–Crippen MR) is 83.6 cm³/mol. The molecule has 1 fully saturated rings. The third-order valence-electron chi connectivity index (χ3n) is 3.71. The highest BCUT2D eigenvalue weighted by molar-refractivity contribution is 9.10. The van der Waals surface area contributed by atoms with E-state index in [0.29, 0.717) is 11.5 Å². The zero-order valence-corrected chi connectivity index (χ0v) is 13.4. The SMILES string of the molecule is Cc1cc(-c2ncc(C(=O)O)c(C3CC3)n2)cc(C)c1Br. The van der Waals surface area contributed by atoms with E-state index in [9.17, 15) is 9.90 Å². The maximum absolute atomic E-state index is 11.3. The number of halogens is 1. The monoisotopic (exact) mass is 346 g/mol. The molecular formula is C16H15BrN2O2. The normalized spacial score (nSPS) is 14.2. The Bertz CT molecular complexity index is 716. The van der Waals surface area contributed by atoms with E-state index in [1.165, 1.54) is 6.20 Å². The topological polar surface area (TPSA) is 63.1 Å². The number of benzene rings is 1. The fourth-order valence-corrected chi connectivity index (χ4v) is 2.67. The van der Waals surface area contributed by atoms with Gasteiger partial charge in [-0.3, -0.25) is 0 Å². The van der Waals surface area contributed by atoms with Gasteiger partial charge >= 0.3 is 5.97 Å². The Hall–Kier alpha value is -1.75. The van der Waals surface area contributed by atoms with Crippen molar-refractivity contribution >= 4 is 21.9 Å². The molecule has 1 aliphatic carbocycles. The lowest BCUT2D eigenvalue weighted by Gasteiger charge is -2.09. The van der Waals surface area contributed by atoms with E-state index in [1.54, 1.807) is 0 Å². The van der Waals surface area contributed by atoms with Crippen molar-refractivity contribution in [3.05, 3.63) is 45.2 Å². The highest BCUT2D eigenvalue weighted by Gasteiger charge is 2.30. The summed E-state index contributed by atoms with van der Waals surface area (Å²) in [4.78, 5) is 20.0. The standard InChI is InChI=1S/C16H15BrN2O2/c1-8-5-11(6-9(2)13(8)17)15-18-7-12(16(20)21)14(19-15)10-3-4-10/h5-7,10H,3-4H2,1-2H3,(H,20,21). The summed E-state index contributed by atoms with van der Waals surface area (Å²) < 4.78 is 1.08. The fraction of sp³-hybridized carbons (Fsp3) is 0.312. The average Bonchev–Trinajstić information content (AvgIpc) is 3.28. The van der Waals surface area contributed by atoms with Crippen LogP contribution in [0.25, 0.3) is 11.4 Å². The molecule has 1 aliphatic rings. The number of hydrogen-bond acceptors (Lipinski definition) is 3. The Kier molecular flexibility index (Phi) is 3.53. The quantitative estimate of drug-likeness (QED) is 0.908. The predicted octanol–water partition coefficient (Wildman–Crippen LogP) is 4.10. The molecule has 0 bridgehead atoms. The highest BCUT2D eigenvalue weighted by atomic mass is 79.9. The molecule has 0 spiro atoms. The van der Waals surface area contributed by atoms with Crippen LogP contribution in [0.4, 0.5) is 0 Å². The molecule has 5 heteroatoms. The van der Waals surface area contributed by atoms with Gasteiger partial charge in [0.05, 0.1) is 11.3 Å². The summed E-state index contributed by atoms with van der Waals surface area (Å²) in [6.07, 6.45) is 3.45. The molecule has 1 aromatic carbocycles. The van der Waals surface area contributed by atoms with E-state index in [1.807, 2.05) is 26.0 Å². The van der Waals surface area contributed by atoms with Crippen molar-refractivity contribution in [2.24, 2.45) is 0 Å². The Morgan fingerprint density at radius 1 is 1.29 bits per heavy atom. The van der Waals surface area contributed by atoms with Gasteiger partial charge in [0.15, 0.2) is 5.82 Å². The number of aromatic carboxylic acids is 1. The first kappa shape index (κ1) is 14.2. The van der Waals surface area contributed by atoms with E-state index in [4.69, 9.17) is 0 Å².